The predicted molar refractivity (Wildman–Crippen MR) is 101 cm³/mol. The lowest BCUT2D eigenvalue weighted by Crippen LogP contribution is -2.14. The third-order valence-electron chi connectivity index (χ3n) is 3.76. The summed E-state index contributed by atoms with van der Waals surface area (Å²) in [5, 5.41) is 2.65. The van der Waals surface area contributed by atoms with Crippen LogP contribution < -0.4 is 14.8 Å². The highest BCUT2D eigenvalue weighted by molar-refractivity contribution is 6.06. The molecule has 0 heterocycles. The number of anilines is 1. The van der Waals surface area contributed by atoms with Crippen molar-refractivity contribution in [1.82, 2.24) is 0 Å². The fourth-order valence-electron chi connectivity index (χ4n) is 2.46. The summed E-state index contributed by atoms with van der Waals surface area (Å²) in [5.41, 5.74) is 0.755. The van der Waals surface area contributed by atoms with Crippen LogP contribution in [-0.2, 0) is 9.47 Å². The number of carbonyl (C=O) groups excluding carboxylic acids is 3. The summed E-state index contributed by atoms with van der Waals surface area (Å²) in [6.45, 7) is 2.23. The van der Waals surface area contributed by atoms with E-state index in [4.69, 9.17) is 9.47 Å². The summed E-state index contributed by atoms with van der Waals surface area (Å²) in [4.78, 5) is 36.3. The summed E-state index contributed by atoms with van der Waals surface area (Å²) >= 11 is 0. The van der Waals surface area contributed by atoms with Crippen LogP contribution in [0, 0.1) is 0 Å². The second-order valence-corrected chi connectivity index (χ2v) is 5.53. The quantitative estimate of drug-likeness (QED) is 0.729. The average Bonchev–Trinajstić information content (AvgIpc) is 2.72. The van der Waals surface area contributed by atoms with Gasteiger partial charge in [-0.2, -0.15) is 0 Å². The van der Waals surface area contributed by atoms with Crippen LogP contribution in [0.4, 0.5) is 5.69 Å². The Bertz CT molecular complexity index is 858. The summed E-state index contributed by atoms with van der Waals surface area (Å²) in [7, 11) is 3.94. The number of esters is 2. The van der Waals surface area contributed by atoms with E-state index in [-0.39, 0.29) is 16.8 Å². The largest absolute Gasteiger partial charge is 0.493 e. The highest BCUT2D eigenvalue weighted by Crippen LogP contribution is 2.28. The molecule has 0 aliphatic heterocycles. The molecule has 8 heteroatoms. The fraction of sp³-hybridized carbons (Fsp3) is 0.250. The highest BCUT2D eigenvalue weighted by atomic mass is 16.5. The number of benzene rings is 2. The van der Waals surface area contributed by atoms with Crippen LogP contribution in [0.1, 0.15) is 38.0 Å². The maximum absolute atomic E-state index is 12.6. The van der Waals surface area contributed by atoms with Crippen molar-refractivity contribution in [3.8, 4) is 11.5 Å². The molecule has 0 aliphatic rings. The minimum absolute atomic E-state index is 0.102. The molecule has 8 nitrogen and oxygen atoms in total. The molecule has 0 unspecified atom stereocenters. The minimum atomic E-state index is -0.649. The molecule has 2 aromatic rings. The van der Waals surface area contributed by atoms with Crippen molar-refractivity contribution in [2.45, 2.75) is 6.92 Å². The van der Waals surface area contributed by atoms with E-state index >= 15 is 0 Å². The summed E-state index contributed by atoms with van der Waals surface area (Å²) in [6.07, 6.45) is 0. The topological polar surface area (TPSA) is 100 Å². The Labute approximate surface area is 162 Å². The number of methoxy groups -OCH3 is 3. The van der Waals surface area contributed by atoms with Crippen LogP contribution in [0.25, 0.3) is 0 Å². The van der Waals surface area contributed by atoms with Crippen LogP contribution >= 0.6 is 0 Å². The molecule has 0 saturated heterocycles. The number of nitrogens with one attached hydrogen (secondary N) is 1. The summed E-state index contributed by atoms with van der Waals surface area (Å²) < 4.78 is 20.0. The molecule has 0 atom stereocenters. The number of hydrogen-bond donors (Lipinski definition) is 1. The van der Waals surface area contributed by atoms with Crippen molar-refractivity contribution in [3.05, 3.63) is 53.1 Å². The van der Waals surface area contributed by atoms with Crippen LogP contribution in [0.2, 0.25) is 0 Å². The van der Waals surface area contributed by atoms with Crippen LogP contribution in [0.15, 0.2) is 36.4 Å². The molecule has 0 aromatic heterocycles. The van der Waals surface area contributed by atoms with Crippen molar-refractivity contribution in [1.29, 1.82) is 0 Å². The number of ether oxygens (including phenoxy) is 4. The van der Waals surface area contributed by atoms with Crippen molar-refractivity contribution in [3.63, 3.8) is 0 Å². The van der Waals surface area contributed by atoms with Crippen LogP contribution in [-0.4, -0.2) is 45.8 Å². The Morgan fingerprint density at radius 1 is 0.821 bits per heavy atom. The first kappa shape index (κ1) is 20.8. The molecule has 1 amide bonds. The zero-order chi connectivity index (χ0) is 20.7. The predicted octanol–water partition coefficient (Wildman–Crippen LogP) is 2.92. The number of hydrogen-bond acceptors (Lipinski definition) is 7. The Morgan fingerprint density at radius 2 is 1.43 bits per heavy atom. The molecule has 148 valence electrons. The first-order valence-corrected chi connectivity index (χ1v) is 8.37. The van der Waals surface area contributed by atoms with E-state index in [1.54, 1.807) is 18.2 Å². The summed E-state index contributed by atoms with van der Waals surface area (Å²) in [5.74, 6) is -0.828. The van der Waals surface area contributed by atoms with E-state index in [0.29, 0.717) is 23.7 Å². The minimum Gasteiger partial charge on any atom is -0.493 e. The van der Waals surface area contributed by atoms with E-state index in [1.165, 1.54) is 39.5 Å². The van der Waals surface area contributed by atoms with Gasteiger partial charge in [-0.25, -0.2) is 9.59 Å². The van der Waals surface area contributed by atoms with Gasteiger partial charge in [0.2, 0.25) is 0 Å². The lowest BCUT2D eigenvalue weighted by Gasteiger charge is -2.12. The van der Waals surface area contributed by atoms with Gasteiger partial charge in [0, 0.05) is 11.3 Å². The van der Waals surface area contributed by atoms with Gasteiger partial charge in [0.25, 0.3) is 5.91 Å². The molecular formula is C20H21NO7. The Hall–Kier alpha value is -3.55. The second-order valence-electron chi connectivity index (χ2n) is 5.53. The van der Waals surface area contributed by atoms with E-state index in [2.05, 4.69) is 14.8 Å². The molecular weight excluding hydrogens is 366 g/mol. The fourth-order valence-corrected chi connectivity index (χ4v) is 2.46. The standard InChI is InChI=1S/C20H21NO7/c1-5-28-17-11-12(6-7-16(17)25-2)18(22)21-15-9-13(19(23)26-3)8-14(10-15)20(24)27-4/h6-11H,5H2,1-4H3,(H,21,22). The number of amides is 1. The lowest BCUT2D eigenvalue weighted by atomic mass is 10.1. The van der Waals surface area contributed by atoms with Crippen LogP contribution in [0.3, 0.4) is 0 Å². The molecule has 0 spiro atoms. The third-order valence-corrected chi connectivity index (χ3v) is 3.76. The van der Waals surface area contributed by atoms with Crippen molar-refractivity contribution < 1.29 is 33.3 Å². The summed E-state index contributed by atoms with van der Waals surface area (Å²) in [6, 6.07) is 8.87. The van der Waals surface area contributed by atoms with E-state index < -0.39 is 17.8 Å². The maximum Gasteiger partial charge on any atom is 0.337 e. The third kappa shape index (κ3) is 4.79. The van der Waals surface area contributed by atoms with Gasteiger partial charge >= 0.3 is 11.9 Å². The van der Waals surface area contributed by atoms with Gasteiger partial charge in [0.15, 0.2) is 11.5 Å². The monoisotopic (exact) mass is 387 g/mol. The number of carbonyl (C=O) groups is 3. The molecule has 2 rings (SSSR count). The average molecular weight is 387 g/mol. The van der Waals surface area contributed by atoms with Gasteiger partial charge in [-0.1, -0.05) is 0 Å². The van der Waals surface area contributed by atoms with E-state index in [0.717, 1.165) is 0 Å². The highest BCUT2D eigenvalue weighted by Gasteiger charge is 2.16. The zero-order valence-corrected chi connectivity index (χ0v) is 16.0. The first-order chi connectivity index (χ1) is 13.4. The first-order valence-electron chi connectivity index (χ1n) is 8.37. The maximum atomic E-state index is 12.6. The second kappa shape index (κ2) is 9.40. The molecule has 0 aliphatic carbocycles. The van der Waals surface area contributed by atoms with Gasteiger partial charge in [-0.3, -0.25) is 4.79 Å². The van der Waals surface area contributed by atoms with Crippen molar-refractivity contribution in [2.24, 2.45) is 0 Å². The SMILES string of the molecule is CCOc1cc(C(=O)Nc2cc(C(=O)OC)cc(C(=O)OC)c2)ccc1OC. The Morgan fingerprint density at radius 3 is 1.93 bits per heavy atom. The van der Waals surface area contributed by atoms with Gasteiger partial charge in [-0.05, 0) is 43.3 Å². The smallest absolute Gasteiger partial charge is 0.337 e. The molecule has 1 N–H and O–H groups in total. The van der Waals surface area contributed by atoms with Gasteiger partial charge < -0.3 is 24.3 Å². The molecule has 2 aromatic carbocycles. The van der Waals surface area contributed by atoms with Crippen molar-refractivity contribution >= 4 is 23.5 Å². The Kier molecular flexibility index (Phi) is 6.97. The van der Waals surface area contributed by atoms with Gasteiger partial charge in [0.05, 0.1) is 39.1 Å². The Balaban J connectivity index is 2.36. The zero-order valence-electron chi connectivity index (χ0n) is 16.0. The van der Waals surface area contributed by atoms with Crippen LogP contribution in [0.5, 0.6) is 11.5 Å². The van der Waals surface area contributed by atoms with Gasteiger partial charge in [-0.15, -0.1) is 0 Å². The molecule has 0 fully saturated rings. The number of rotatable bonds is 7. The van der Waals surface area contributed by atoms with E-state index in [9.17, 15) is 14.4 Å². The lowest BCUT2D eigenvalue weighted by molar-refractivity contribution is 0.0599. The normalized spacial score (nSPS) is 10.0. The van der Waals surface area contributed by atoms with E-state index in [1.807, 2.05) is 6.92 Å². The molecule has 28 heavy (non-hydrogen) atoms. The van der Waals surface area contributed by atoms with Gasteiger partial charge in [0.1, 0.15) is 0 Å². The molecule has 0 bridgehead atoms. The molecule has 0 radical (unpaired) electrons. The molecule has 0 saturated carbocycles. The van der Waals surface area contributed by atoms with Crippen molar-refractivity contribution in [2.75, 3.05) is 33.3 Å².